The molecule has 0 spiro atoms. The third-order valence-electron chi connectivity index (χ3n) is 4.08. The smallest absolute Gasteiger partial charge is 0.342 e. The molecule has 8 nitrogen and oxygen atoms in total. The van der Waals surface area contributed by atoms with E-state index in [-0.39, 0.29) is 23.7 Å². The molecule has 1 N–H and O–H groups in total. The highest BCUT2D eigenvalue weighted by Gasteiger charge is 2.37. The van der Waals surface area contributed by atoms with Crippen LogP contribution in [0.1, 0.15) is 50.9 Å². The molecule has 0 saturated heterocycles. The lowest BCUT2D eigenvalue weighted by molar-refractivity contribution is -0.143. The van der Waals surface area contributed by atoms with E-state index in [1.54, 1.807) is 0 Å². The molecule has 0 aliphatic rings. The Morgan fingerprint density at radius 3 is 2.09 bits per heavy atom. The van der Waals surface area contributed by atoms with Gasteiger partial charge in [0.1, 0.15) is 0 Å². The van der Waals surface area contributed by atoms with E-state index in [1.807, 2.05) is 0 Å². The Balaban J connectivity index is 1.96. The molecule has 1 unspecified atom stereocenters. The average Bonchev–Trinajstić information content (AvgIpc) is 3.17. The van der Waals surface area contributed by atoms with Crippen molar-refractivity contribution in [2.24, 2.45) is 0 Å². The van der Waals surface area contributed by atoms with E-state index in [4.69, 9.17) is 0 Å². The predicted octanol–water partition coefficient (Wildman–Crippen LogP) is 3.40. The maximum absolute atomic E-state index is 13.0. The number of hydrogen-bond acceptors (Lipinski definition) is 6. The molecule has 0 aliphatic carbocycles. The van der Waals surface area contributed by atoms with Crippen molar-refractivity contribution in [2.45, 2.75) is 25.3 Å². The summed E-state index contributed by atoms with van der Waals surface area (Å²) >= 11 is 0. The molecular formula is C18H12F6N6O2. The molecule has 0 bridgehead atoms. The minimum Gasteiger partial charge on any atom is -0.342 e. The molecule has 0 fully saturated rings. The Bertz CT molecular complexity index is 1110. The zero-order valence-electron chi connectivity index (χ0n) is 15.9. The molecular weight excluding hydrogens is 446 g/mol. The standard InChI is InChI=1S/C18H12F6N6O2/c1-9(14-28-13(8-31)29-30(14)16-25-3-2-4-26-16)27-15(32)10-5-11(17(19,20)21)7-12(6-10)18(22,23)24/h2-9H,1H3,(H,27,32). The number of alkyl halides is 6. The van der Waals surface area contributed by atoms with Crippen molar-refractivity contribution >= 4 is 12.2 Å². The molecule has 3 rings (SSSR count). The van der Waals surface area contributed by atoms with Gasteiger partial charge in [-0.1, -0.05) is 0 Å². The van der Waals surface area contributed by atoms with Crippen molar-refractivity contribution in [2.75, 3.05) is 0 Å². The van der Waals surface area contributed by atoms with Gasteiger partial charge < -0.3 is 5.32 Å². The topological polar surface area (TPSA) is 103 Å². The summed E-state index contributed by atoms with van der Waals surface area (Å²) in [5.74, 6) is -1.63. The molecule has 1 atom stereocenters. The number of nitrogens with zero attached hydrogens (tertiary/aromatic N) is 5. The van der Waals surface area contributed by atoms with Gasteiger partial charge in [-0.3, -0.25) is 9.59 Å². The molecule has 2 heterocycles. The molecule has 0 radical (unpaired) electrons. The largest absolute Gasteiger partial charge is 0.416 e. The van der Waals surface area contributed by atoms with Crippen LogP contribution in [-0.2, 0) is 12.4 Å². The SMILES string of the molecule is CC(NC(=O)c1cc(C(F)(F)F)cc(C(F)(F)F)c1)c1nc(C=O)nn1-c1ncccn1. The first-order valence-electron chi connectivity index (χ1n) is 8.70. The van der Waals surface area contributed by atoms with Gasteiger partial charge in [0.25, 0.3) is 11.9 Å². The average molecular weight is 458 g/mol. The van der Waals surface area contributed by atoms with Crippen LogP contribution in [0.3, 0.4) is 0 Å². The summed E-state index contributed by atoms with van der Waals surface area (Å²) in [5.41, 5.74) is -4.12. The van der Waals surface area contributed by atoms with Crippen LogP contribution < -0.4 is 5.32 Å². The van der Waals surface area contributed by atoms with E-state index < -0.39 is 41.0 Å². The van der Waals surface area contributed by atoms with Gasteiger partial charge in [-0.15, -0.1) is 5.10 Å². The molecule has 14 heteroatoms. The fourth-order valence-electron chi connectivity index (χ4n) is 2.65. The number of benzene rings is 1. The number of rotatable bonds is 5. The number of aromatic nitrogens is 5. The minimum atomic E-state index is -5.11. The molecule has 3 aromatic rings. The van der Waals surface area contributed by atoms with E-state index in [9.17, 15) is 35.9 Å². The predicted molar refractivity (Wildman–Crippen MR) is 94.7 cm³/mol. The maximum Gasteiger partial charge on any atom is 0.416 e. The van der Waals surface area contributed by atoms with Gasteiger partial charge in [-0.05, 0) is 31.2 Å². The highest BCUT2D eigenvalue weighted by Crippen LogP contribution is 2.36. The second-order valence-electron chi connectivity index (χ2n) is 6.40. The summed E-state index contributed by atoms with van der Waals surface area (Å²) < 4.78 is 79.3. The first-order valence-corrected chi connectivity index (χ1v) is 8.70. The number of hydrogen-bond donors (Lipinski definition) is 1. The van der Waals surface area contributed by atoms with E-state index in [2.05, 4.69) is 25.4 Å². The monoisotopic (exact) mass is 458 g/mol. The fourth-order valence-corrected chi connectivity index (χ4v) is 2.65. The summed E-state index contributed by atoms with van der Waals surface area (Å²) in [6.07, 6.45) is -7.19. The van der Waals surface area contributed by atoms with Gasteiger partial charge >= 0.3 is 12.4 Å². The van der Waals surface area contributed by atoms with Gasteiger partial charge in [-0.25, -0.2) is 15.0 Å². The number of aldehydes is 1. The highest BCUT2D eigenvalue weighted by atomic mass is 19.4. The van der Waals surface area contributed by atoms with Crippen molar-refractivity contribution in [3.05, 3.63) is 65.0 Å². The third-order valence-corrected chi connectivity index (χ3v) is 4.08. The minimum absolute atomic E-state index is 0.0253. The first-order chi connectivity index (χ1) is 14.9. The molecule has 2 aromatic heterocycles. The Hall–Kier alpha value is -3.84. The Morgan fingerprint density at radius 2 is 1.59 bits per heavy atom. The Labute approximate surface area is 175 Å². The fraction of sp³-hybridized carbons (Fsp3) is 0.222. The van der Waals surface area contributed by atoms with Crippen molar-refractivity contribution in [1.82, 2.24) is 30.0 Å². The lowest BCUT2D eigenvalue weighted by Crippen LogP contribution is -2.29. The number of halogens is 6. The zero-order chi connectivity index (χ0) is 23.7. The lowest BCUT2D eigenvalue weighted by atomic mass is 10.0. The van der Waals surface area contributed by atoms with Crippen LogP contribution in [0, 0.1) is 0 Å². The summed E-state index contributed by atoms with van der Waals surface area (Å²) in [4.78, 5) is 35.3. The van der Waals surface area contributed by atoms with Gasteiger partial charge in [0.2, 0.25) is 5.82 Å². The summed E-state index contributed by atoms with van der Waals surface area (Å²) in [5, 5.41) is 6.11. The highest BCUT2D eigenvalue weighted by molar-refractivity contribution is 5.94. The summed E-state index contributed by atoms with van der Waals surface area (Å²) in [6.45, 7) is 1.34. The molecule has 1 aromatic carbocycles. The van der Waals surface area contributed by atoms with Crippen molar-refractivity contribution in [3.63, 3.8) is 0 Å². The van der Waals surface area contributed by atoms with E-state index >= 15 is 0 Å². The number of carbonyl (C=O) groups is 2. The molecule has 0 saturated carbocycles. The number of carbonyl (C=O) groups excluding carboxylic acids is 2. The quantitative estimate of drug-likeness (QED) is 0.465. The maximum atomic E-state index is 13.0. The van der Waals surface area contributed by atoms with Crippen LogP contribution in [-0.4, -0.2) is 36.9 Å². The molecule has 1 amide bonds. The number of amides is 1. The van der Waals surface area contributed by atoms with Gasteiger partial charge in [0.05, 0.1) is 17.2 Å². The van der Waals surface area contributed by atoms with Crippen molar-refractivity contribution < 1.29 is 35.9 Å². The lowest BCUT2D eigenvalue weighted by Gasteiger charge is -2.16. The van der Waals surface area contributed by atoms with Crippen LogP contribution in [0.15, 0.2) is 36.7 Å². The Morgan fingerprint density at radius 1 is 1.03 bits per heavy atom. The van der Waals surface area contributed by atoms with E-state index in [0.717, 1.165) is 4.68 Å². The first kappa shape index (κ1) is 22.8. The molecule has 168 valence electrons. The normalized spacial score (nSPS) is 13.0. The molecule has 32 heavy (non-hydrogen) atoms. The van der Waals surface area contributed by atoms with Crippen molar-refractivity contribution in [3.8, 4) is 5.95 Å². The van der Waals surface area contributed by atoms with Crippen LogP contribution in [0.4, 0.5) is 26.3 Å². The van der Waals surface area contributed by atoms with Crippen LogP contribution in [0.5, 0.6) is 0 Å². The second kappa shape index (κ2) is 8.36. The van der Waals surface area contributed by atoms with Gasteiger partial charge in [-0.2, -0.15) is 31.0 Å². The van der Waals surface area contributed by atoms with Crippen LogP contribution in [0.2, 0.25) is 0 Å². The third kappa shape index (κ3) is 4.90. The summed E-state index contributed by atoms with van der Waals surface area (Å²) in [7, 11) is 0. The molecule has 0 aliphatic heterocycles. The second-order valence-corrected chi connectivity index (χ2v) is 6.40. The number of nitrogens with one attached hydrogen (secondary N) is 1. The van der Waals surface area contributed by atoms with E-state index in [0.29, 0.717) is 18.4 Å². The zero-order valence-corrected chi connectivity index (χ0v) is 15.9. The van der Waals surface area contributed by atoms with Gasteiger partial charge in [0, 0.05) is 18.0 Å². The Kier molecular flexibility index (Phi) is 5.96. The van der Waals surface area contributed by atoms with E-state index in [1.165, 1.54) is 25.4 Å². The van der Waals surface area contributed by atoms with Crippen LogP contribution in [0.25, 0.3) is 5.95 Å². The summed E-state index contributed by atoms with van der Waals surface area (Å²) in [6, 6.07) is 0.923. The van der Waals surface area contributed by atoms with Crippen LogP contribution >= 0.6 is 0 Å². The van der Waals surface area contributed by atoms with Gasteiger partial charge in [0.15, 0.2) is 12.1 Å². The van der Waals surface area contributed by atoms with Crippen molar-refractivity contribution in [1.29, 1.82) is 0 Å².